The lowest BCUT2D eigenvalue weighted by Crippen LogP contribution is -2.48. The van der Waals surface area contributed by atoms with Crippen LogP contribution < -0.4 is 10.6 Å². The van der Waals surface area contributed by atoms with Crippen LogP contribution in [0.15, 0.2) is 24.3 Å². The number of anilines is 1. The van der Waals surface area contributed by atoms with E-state index in [0.717, 1.165) is 51.1 Å². The summed E-state index contributed by atoms with van der Waals surface area (Å²) in [5.41, 5.74) is 7.98. The summed E-state index contributed by atoms with van der Waals surface area (Å²) in [5.74, 6) is 0.112. The molecule has 1 amide bonds. The lowest BCUT2D eigenvalue weighted by atomic mass is 10.1. The Kier molecular flexibility index (Phi) is 9.17. The van der Waals surface area contributed by atoms with Crippen molar-refractivity contribution in [2.75, 3.05) is 44.2 Å². The number of nitrogens with zero attached hydrogens (tertiary/aromatic N) is 3. The van der Waals surface area contributed by atoms with Crippen LogP contribution in [0.2, 0.25) is 0 Å². The average Bonchev–Trinajstić information content (AvgIpc) is 2.61. The maximum atomic E-state index is 12.6. The Morgan fingerprint density at radius 3 is 2.19 bits per heavy atom. The van der Waals surface area contributed by atoms with Gasteiger partial charge in [0.15, 0.2) is 0 Å². The minimum Gasteiger partial charge on any atom is -0.369 e. The summed E-state index contributed by atoms with van der Waals surface area (Å²) >= 11 is 0. The highest BCUT2D eigenvalue weighted by Crippen LogP contribution is 2.20. The van der Waals surface area contributed by atoms with Crippen LogP contribution in [-0.2, 0) is 0 Å². The Balaban J connectivity index is 0.00000169. The molecule has 148 valence electrons. The Morgan fingerprint density at radius 1 is 1.04 bits per heavy atom. The quantitative estimate of drug-likeness (QED) is 0.843. The van der Waals surface area contributed by atoms with E-state index in [1.807, 2.05) is 17.0 Å². The molecule has 5 nitrogen and oxygen atoms in total. The first-order chi connectivity index (χ1) is 11.5. The Morgan fingerprint density at radius 2 is 1.65 bits per heavy atom. The van der Waals surface area contributed by atoms with E-state index in [1.54, 1.807) is 0 Å². The largest absolute Gasteiger partial charge is 0.369 e. The summed E-state index contributed by atoms with van der Waals surface area (Å²) in [4.78, 5) is 19.4. The van der Waals surface area contributed by atoms with Crippen LogP contribution in [0.25, 0.3) is 0 Å². The molecule has 0 aliphatic carbocycles. The highest BCUT2D eigenvalue weighted by Gasteiger charge is 2.23. The van der Waals surface area contributed by atoms with Gasteiger partial charge in [-0.05, 0) is 51.0 Å². The third-order valence-electron chi connectivity index (χ3n) is 5.27. The molecule has 2 fully saturated rings. The van der Waals surface area contributed by atoms with E-state index in [-0.39, 0.29) is 36.8 Å². The first-order valence-electron chi connectivity index (χ1n) is 9.18. The molecule has 2 saturated heterocycles. The molecular formula is C19H32Cl2N4O. The minimum atomic E-state index is 0. The zero-order valence-corrected chi connectivity index (χ0v) is 17.4. The third kappa shape index (κ3) is 5.49. The maximum Gasteiger partial charge on any atom is 0.253 e. The van der Waals surface area contributed by atoms with Crippen LogP contribution in [0.1, 0.15) is 37.0 Å². The molecule has 0 aromatic heterocycles. The van der Waals surface area contributed by atoms with E-state index in [9.17, 15) is 4.79 Å². The van der Waals surface area contributed by atoms with Gasteiger partial charge in [0.25, 0.3) is 5.91 Å². The number of carbonyl (C=O) groups excluding carboxylic acids is 1. The van der Waals surface area contributed by atoms with Gasteiger partial charge in [-0.1, -0.05) is 0 Å². The predicted molar refractivity (Wildman–Crippen MR) is 113 cm³/mol. The van der Waals surface area contributed by atoms with Gasteiger partial charge in [-0.25, -0.2) is 0 Å². The van der Waals surface area contributed by atoms with Gasteiger partial charge in [-0.3, -0.25) is 9.69 Å². The van der Waals surface area contributed by atoms with E-state index in [4.69, 9.17) is 5.73 Å². The van der Waals surface area contributed by atoms with Crippen molar-refractivity contribution in [3.63, 3.8) is 0 Å². The second kappa shape index (κ2) is 10.4. The molecule has 3 rings (SSSR count). The Hall–Kier alpha value is -1.01. The summed E-state index contributed by atoms with van der Waals surface area (Å²) in [5, 5.41) is 0. The zero-order valence-electron chi connectivity index (χ0n) is 15.8. The molecular weight excluding hydrogens is 371 g/mol. The summed E-state index contributed by atoms with van der Waals surface area (Å²) in [6.07, 6.45) is 2.02. The van der Waals surface area contributed by atoms with Gasteiger partial charge in [0.1, 0.15) is 0 Å². The second-order valence-electron chi connectivity index (χ2n) is 7.32. The van der Waals surface area contributed by atoms with Gasteiger partial charge in [-0.2, -0.15) is 0 Å². The van der Waals surface area contributed by atoms with Crippen molar-refractivity contribution >= 4 is 36.4 Å². The zero-order chi connectivity index (χ0) is 17.1. The summed E-state index contributed by atoms with van der Waals surface area (Å²) < 4.78 is 0. The van der Waals surface area contributed by atoms with Gasteiger partial charge in [0.2, 0.25) is 0 Å². The van der Waals surface area contributed by atoms with Crippen LogP contribution in [0, 0.1) is 0 Å². The molecule has 2 aliphatic rings. The molecule has 0 spiro atoms. The highest BCUT2D eigenvalue weighted by atomic mass is 35.5. The molecule has 26 heavy (non-hydrogen) atoms. The number of carbonyl (C=O) groups is 1. The van der Waals surface area contributed by atoms with Crippen molar-refractivity contribution in [2.45, 2.75) is 38.8 Å². The second-order valence-corrected chi connectivity index (χ2v) is 7.32. The van der Waals surface area contributed by atoms with Gasteiger partial charge in [0, 0.05) is 62.6 Å². The van der Waals surface area contributed by atoms with Crippen LogP contribution in [0.5, 0.6) is 0 Å². The van der Waals surface area contributed by atoms with Crippen LogP contribution in [-0.4, -0.2) is 67.1 Å². The number of benzene rings is 1. The maximum absolute atomic E-state index is 12.6. The van der Waals surface area contributed by atoms with Crippen LogP contribution >= 0.6 is 24.8 Å². The van der Waals surface area contributed by atoms with E-state index in [0.29, 0.717) is 12.6 Å². The molecule has 0 saturated carbocycles. The molecule has 7 heteroatoms. The van der Waals surface area contributed by atoms with Gasteiger partial charge in [-0.15, -0.1) is 24.8 Å². The van der Waals surface area contributed by atoms with Crippen molar-refractivity contribution in [1.82, 2.24) is 9.80 Å². The van der Waals surface area contributed by atoms with Gasteiger partial charge < -0.3 is 15.5 Å². The molecule has 0 bridgehead atoms. The number of halogens is 2. The fraction of sp³-hybridized carbons (Fsp3) is 0.632. The topological polar surface area (TPSA) is 52.8 Å². The fourth-order valence-electron chi connectivity index (χ4n) is 3.69. The lowest BCUT2D eigenvalue weighted by Gasteiger charge is -2.38. The number of piperazine rings is 1. The molecule has 1 unspecified atom stereocenters. The monoisotopic (exact) mass is 402 g/mol. The molecule has 2 aliphatic heterocycles. The van der Waals surface area contributed by atoms with Gasteiger partial charge in [0.05, 0.1) is 0 Å². The average molecular weight is 403 g/mol. The van der Waals surface area contributed by atoms with Crippen molar-refractivity contribution < 1.29 is 4.79 Å². The molecule has 0 radical (unpaired) electrons. The van der Waals surface area contributed by atoms with Crippen LogP contribution in [0.3, 0.4) is 0 Å². The van der Waals surface area contributed by atoms with Crippen molar-refractivity contribution in [3.05, 3.63) is 29.8 Å². The number of hydrogen-bond acceptors (Lipinski definition) is 4. The third-order valence-corrected chi connectivity index (χ3v) is 5.27. The number of likely N-dealkylation sites (tertiary alicyclic amines) is 1. The van der Waals surface area contributed by atoms with E-state index < -0.39 is 0 Å². The van der Waals surface area contributed by atoms with E-state index >= 15 is 0 Å². The number of rotatable bonds is 3. The Labute approximate surface area is 169 Å². The van der Waals surface area contributed by atoms with Crippen molar-refractivity contribution in [3.8, 4) is 0 Å². The predicted octanol–water partition coefficient (Wildman–Crippen LogP) is 2.62. The normalized spacial score (nSPS) is 21.2. The van der Waals surface area contributed by atoms with Gasteiger partial charge >= 0.3 is 0 Å². The van der Waals surface area contributed by atoms with Crippen LogP contribution in [0.4, 0.5) is 5.69 Å². The smallest absolute Gasteiger partial charge is 0.253 e. The molecule has 1 aromatic carbocycles. The van der Waals surface area contributed by atoms with Crippen molar-refractivity contribution in [2.24, 2.45) is 5.73 Å². The first kappa shape index (κ1) is 23.0. The standard InChI is InChI=1S/C19H30N4O.2ClH/c1-15(2)21-10-12-22(13-11-21)18-7-5-16(6-8-18)19(24)23-9-3-4-17(20)14-23;;/h5-8,15,17H,3-4,9-14,20H2,1-2H3;2*1H. The molecule has 2 heterocycles. The number of hydrogen-bond donors (Lipinski definition) is 1. The number of piperidine rings is 1. The highest BCUT2D eigenvalue weighted by molar-refractivity contribution is 5.94. The number of amides is 1. The summed E-state index contributed by atoms with van der Waals surface area (Å²) in [6.45, 7) is 10.3. The summed E-state index contributed by atoms with van der Waals surface area (Å²) in [7, 11) is 0. The van der Waals surface area contributed by atoms with E-state index in [1.165, 1.54) is 5.69 Å². The molecule has 2 N–H and O–H groups in total. The SMILES string of the molecule is CC(C)N1CCN(c2ccc(C(=O)N3CCCC(N)C3)cc2)CC1.Cl.Cl. The lowest BCUT2D eigenvalue weighted by molar-refractivity contribution is 0.0709. The fourth-order valence-corrected chi connectivity index (χ4v) is 3.69. The van der Waals surface area contributed by atoms with E-state index in [2.05, 4.69) is 35.8 Å². The molecule has 1 atom stereocenters. The molecule has 1 aromatic rings. The first-order valence-corrected chi connectivity index (χ1v) is 9.18. The minimum absolute atomic E-state index is 0. The Bertz CT molecular complexity index is 559. The summed E-state index contributed by atoms with van der Waals surface area (Å²) in [6, 6.07) is 8.84. The number of nitrogens with two attached hydrogens (primary N) is 1. The van der Waals surface area contributed by atoms with Crippen molar-refractivity contribution in [1.29, 1.82) is 0 Å².